The smallest absolute Gasteiger partial charge is 0.254 e. The monoisotopic (exact) mass is 394 g/mol. The van der Waals surface area contributed by atoms with Crippen molar-refractivity contribution in [1.82, 2.24) is 9.88 Å². The molecule has 2 bridgehead atoms. The first kappa shape index (κ1) is 16.2. The van der Waals surface area contributed by atoms with Crippen LogP contribution < -0.4 is 15.6 Å². The van der Waals surface area contributed by atoms with E-state index in [1.807, 2.05) is 0 Å². The number of amides is 1. The largest absolute Gasteiger partial charge is 0.489 e. The van der Waals surface area contributed by atoms with Gasteiger partial charge in [-0.2, -0.15) is 0 Å². The fraction of sp³-hybridized carbons (Fsp3) is 0.667. The second-order valence-electron chi connectivity index (χ2n) is 7.76. The molecule has 130 valence electrons. The van der Waals surface area contributed by atoms with Crippen LogP contribution in [-0.2, 0) is 11.8 Å². The molecule has 0 unspecified atom stereocenters. The van der Waals surface area contributed by atoms with Crippen molar-refractivity contribution in [3.05, 3.63) is 27.1 Å². The fourth-order valence-electron chi connectivity index (χ4n) is 4.27. The van der Waals surface area contributed by atoms with Crippen LogP contribution in [0.3, 0.4) is 0 Å². The normalized spacial score (nSPS) is 34.0. The maximum Gasteiger partial charge on any atom is 0.254 e. The molecule has 4 aliphatic carbocycles. The highest BCUT2D eigenvalue weighted by Gasteiger charge is 2.61. The summed E-state index contributed by atoms with van der Waals surface area (Å²) in [6, 6.07) is 1.80. The molecule has 5 nitrogen and oxygen atoms in total. The van der Waals surface area contributed by atoms with Crippen molar-refractivity contribution >= 4 is 21.8 Å². The first-order valence-electron chi connectivity index (χ1n) is 8.79. The number of nitrogens with one attached hydrogen (secondary N) is 1. The summed E-state index contributed by atoms with van der Waals surface area (Å²) in [5.74, 6) is 1.72. The summed E-state index contributed by atoms with van der Waals surface area (Å²) >= 11 is 3.45. The summed E-state index contributed by atoms with van der Waals surface area (Å²) in [5.41, 5.74) is -0.0693. The van der Waals surface area contributed by atoms with Gasteiger partial charge in [-0.15, -0.1) is 0 Å². The van der Waals surface area contributed by atoms with E-state index in [0.29, 0.717) is 5.75 Å². The van der Waals surface area contributed by atoms with Crippen molar-refractivity contribution in [2.45, 2.75) is 57.1 Å². The Morgan fingerprint density at radius 3 is 2.54 bits per heavy atom. The molecule has 1 aromatic rings. The zero-order chi connectivity index (χ0) is 16.9. The van der Waals surface area contributed by atoms with Crippen molar-refractivity contribution < 1.29 is 9.53 Å². The molecule has 4 aliphatic rings. The highest BCUT2D eigenvalue weighted by atomic mass is 79.9. The average Bonchev–Trinajstić information content (AvgIpc) is 2.43. The molecule has 1 amide bonds. The Bertz CT molecular complexity index is 704. The van der Waals surface area contributed by atoms with Gasteiger partial charge in [-0.05, 0) is 66.8 Å². The van der Waals surface area contributed by atoms with Gasteiger partial charge in [0.15, 0.2) is 0 Å². The van der Waals surface area contributed by atoms with Gasteiger partial charge in [0.1, 0.15) is 5.75 Å². The first-order chi connectivity index (χ1) is 11.4. The molecule has 4 fully saturated rings. The maximum absolute atomic E-state index is 12.4. The molecule has 6 heteroatoms. The number of carbonyl (C=O) groups excluding carboxylic acids is 1. The van der Waals surface area contributed by atoms with Gasteiger partial charge < -0.3 is 14.6 Å². The van der Waals surface area contributed by atoms with Gasteiger partial charge in [-0.25, -0.2) is 0 Å². The molecule has 1 aromatic heterocycles. The van der Waals surface area contributed by atoms with E-state index in [2.05, 4.69) is 21.2 Å². The van der Waals surface area contributed by atoms with Crippen LogP contribution in [0.1, 0.15) is 44.9 Å². The molecule has 0 saturated heterocycles. The molecule has 1 heterocycles. The Labute approximate surface area is 149 Å². The molecule has 5 rings (SSSR count). The SMILES string of the molecule is Cn1cc(Br)c(OC2CCC(NC(=O)C34CC(C3)C4)CC2)cc1=O. The Morgan fingerprint density at radius 1 is 1.29 bits per heavy atom. The van der Waals surface area contributed by atoms with Gasteiger partial charge in [0.25, 0.3) is 5.56 Å². The molecule has 24 heavy (non-hydrogen) atoms. The Balaban J connectivity index is 1.29. The number of rotatable bonds is 4. The lowest BCUT2D eigenvalue weighted by Gasteiger charge is -2.60. The Kier molecular flexibility index (Phi) is 3.98. The summed E-state index contributed by atoms with van der Waals surface area (Å²) in [6.07, 6.45) is 8.85. The molecule has 4 saturated carbocycles. The third-order valence-electron chi connectivity index (χ3n) is 5.97. The third kappa shape index (κ3) is 2.79. The van der Waals surface area contributed by atoms with Gasteiger partial charge >= 0.3 is 0 Å². The van der Waals surface area contributed by atoms with Crippen LogP contribution in [0, 0.1) is 11.3 Å². The first-order valence-corrected chi connectivity index (χ1v) is 9.58. The van der Waals surface area contributed by atoms with E-state index < -0.39 is 0 Å². The molecule has 0 spiro atoms. The van der Waals surface area contributed by atoms with E-state index in [1.165, 1.54) is 10.6 Å². The molecule has 0 aromatic carbocycles. The van der Waals surface area contributed by atoms with Gasteiger partial charge in [-0.1, -0.05) is 0 Å². The highest BCUT2D eigenvalue weighted by molar-refractivity contribution is 9.10. The lowest BCUT2D eigenvalue weighted by molar-refractivity contribution is -0.166. The number of aryl methyl sites for hydroxylation is 1. The van der Waals surface area contributed by atoms with Crippen molar-refractivity contribution in [2.75, 3.05) is 0 Å². The van der Waals surface area contributed by atoms with E-state index in [0.717, 1.165) is 55.3 Å². The van der Waals surface area contributed by atoms with Crippen molar-refractivity contribution in [2.24, 2.45) is 18.4 Å². The molecule has 0 radical (unpaired) electrons. The van der Waals surface area contributed by atoms with Crippen molar-refractivity contribution in [3.8, 4) is 5.75 Å². The number of nitrogens with zero attached hydrogens (tertiary/aromatic N) is 1. The summed E-state index contributed by atoms with van der Waals surface area (Å²) in [6.45, 7) is 0. The van der Waals surface area contributed by atoms with Crippen molar-refractivity contribution in [1.29, 1.82) is 0 Å². The predicted octanol–water partition coefficient (Wildman–Crippen LogP) is 2.75. The van der Waals surface area contributed by atoms with E-state index in [4.69, 9.17) is 4.74 Å². The second kappa shape index (κ2) is 5.90. The number of aromatic nitrogens is 1. The lowest BCUT2D eigenvalue weighted by atomic mass is 9.44. The standard InChI is InChI=1S/C18H23BrN2O3/c1-21-10-14(19)15(6-16(21)22)24-13-4-2-12(3-5-13)20-17(23)18-7-11(8-18)9-18/h6,10-13H,2-5,7-9H2,1H3,(H,20,23). The zero-order valence-corrected chi connectivity index (χ0v) is 15.5. The highest BCUT2D eigenvalue weighted by Crippen LogP contribution is 2.64. The van der Waals surface area contributed by atoms with Crippen LogP contribution >= 0.6 is 15.9 Å². The summed E-state index contributed by atoms with van der Waals surface area (Å²) in [5, 5.41) is 3.25. The van der Waals surface area contributed by atoms with E-state index in [9.17, 15) is 9.59 Å². The number of ether oxygens (including phenoxy) is 1. The molecule has 1 N–H and O–H groups in total. The number of pyridine rings is 1. The van der Waals surface area contributed by atoms with Gasteiger partial charge in [0.05, 0.1) is 10.6 Å². The molecular formula is C18H23BrN2O3. The molecular weight excluding hydrogens is 372 g/mol. The molecule has 0 aliphatic heterocycles. The quantitative estimate of drug-likeness (QED) is 0.853. The summed E-state index contributed by atoms with van der Waals surface area (Å²) in [4.78, 5) is 24.1. The Morgan fingerprint density at radius 2 is 1.96 bits per heavy atom. The van der Waals surface area contributed by atoms with Crippen LogP contribution in [0.4, 0.5) is 0 Å². The van der Waals surface area contributed by atoms with Crippen LogP contribution in [0.15, 0.2) is 21.5 Å². The minimum atomic E-state index is -0.0762. The molecule has 0 atom stereocenters. The second-order valence-corrected chi connectivity index (χ2v) is 8.61. The fourth-order valence-corrected chi connectivity index (χ4v) is 4.79. The van der Waals surface area contributed by atoms with Crippen molar-refractivity contribution in [3.63, 3.8) is 0 Å². The maximum atomic E-state index is 12.4. The van der Waals surface area contributed by atoms with Gasteiger partial charge in [0, 0.05) is 30.8 Å². The topological polar surface area (TPSA) is 60.3 Å². The minimum absolute atomic E-state index is 0.00692. The third-order valence-corrected chi connectivity index (χ3v) is 6.56. The zero-order valence-electron chi connectivity index (χ0n) is 13.9. The number of hydrogen-bond donors (Lipinski definition) is 1. The Hall–Kier alpha value is -1.30. The van der Waals surface area contributed by atoms with E-state index in [-0.39, 0.29) is 29.0 Å². The summed E-state index contributed by atoms with van der Waals surface area (Å²) < 4.78 is 8.33. The number of carbonyl (C=O) groups is 1. The number of hydrogen-bond acceptors (Lipinski definition) is 3. The summed E-state index contributed by atoms with van der Waals surface area (Å²) in [7, 11) is 1.72. The van der Waals surface area contributed by atoms with Crippen LogP contribution in [0.2, 0.25) is 0 Å². The van der Waals surface area contributed by atoms with Gasteiger partial charge in [0.2, 0.25) is 5.91 Å². The predicted molar refractivity (Wildman–Crippen MR) is 94.0 cm³/mol. The number of halogens is 1. The average molecular weight is 395 g/mol. The van der Waals surface area contributed by atoms with E-state index >= 15 is 0 Å². The lowest BCUT2D eigenvalue weighted by Crippen LogP contribution is -2.61. The minimum Gasteiger partial charge on any atom is -0.489 e. The van der Waals surface area contributed by atoms with Crippen LogP contribution in [-0.4, -0.2) is 22.6 Å². The van der Waals surface area contributed by atoms with Crippen LogP contribution in [0.5, 0.6) is 5.75 Å². The van der Waals surface area contributed by atoms with Crippen LogP contribution in [0.25, 0.3) is 0 Å². The van der Waals surface area contributed by atoms with E-state index in [1.54, 1.807) is 13.2 Å². The van der Waals surface area contributed by atoms with Gasteiger partial charge in [-0.3, -0.25) is 9.59 Å².